The molecule has 0 saturated heterocycles. The fourth-order valence-electron chi connectivity index (χ4n) is 7.04. The van der Waals surface area contributed by atoms with Gasteiger partial charge in [-0.05, 0) is 86.0 Å². The van der Waals surface area contributed by atoms with Crippen molar-refractivity contribution in [3.8, 4) is 5.75 Å². The Balaban J connectivity index is 1.35. The summed E-state index contributed by atoms with van der Waals surface area (Å²) in [6.45, 7) is 3.87. The normalized spacial score (nSPS) is 28.4. The zero-order valence-electron chi connectivity index (χ0n) is 21.3. The lowest BCUT2D eigenvalue weighted by molar-refractivity contribution is -0.129. The van der Waals surface area contributed by atoms with Gasteiger partial charge in [-0.2, -0.15) is 21.6 Å². The van der Waals surface area contributed by atoms with Crippen molar-refractivity contribution in [1.29, 1.82) is 0 Å². The van der Waals surface area contributed by atoms with Gasteiger partial charge in [-0.15, -0.1) is 11.3 Å². The van der Waals surface area contributed by atoms with Crippen LogP contribution in [0.3, 0.4) is 0 Å². The Morgan fingerprint density at radius 1 is 1.28 bits per heavy atom. The molecular formula is C26H28F4N2O5S2. The number of ketones is 1. The number of amides is 1. The molecule has 13 heteroatoms. The number of nitrogens with one attached hydrogen (secondary N) is 1. The van der Waals surface area contributed by atoms with Crippen molar-refractivity contribution in [2.45, 2.75) is 70.2 Å². The molecule has 1 amide bonds. The highest BCUT2D eigenvalue weighted by molar-refractivity contribution is 7.88. The van der Waals surface area contributed by atoms with E-state index in [1.165, 1.54) is 11.3 Å². The SMILES string of the molecule is Cc1cnc(NC(=O)CCC2CC(=O)C3(C)CCC4c5cc(F)c(OS(=O)(=O)C(F)(F)F)cc5CCC4C23)s1. The molecule has 0 spiro atoms. The van der Waals surface area contributed by atoms with E-state index < -0.39 is 32.6 Å². The molecule has 5 rings (SSSR count). The molecular weight excluding hydrogens is 560 g/mol. The molecule has 1 heterocycles. The Labute approximate surface area is 227 Å². The molecule has 1 aromatic carbocycles. The molecule has 2 fully saturated rings. The lowest BCUT2D eigenvalue weighted by Crippen LogP contribution is -2.44. The van der Waals surface area contributed by atoms with Crippen molar-refractivity contribution < 1.29 is 39.8 Å². The molecule has 39 heavy (non-hydrogen) atoms. The number of anilines is 1. The van der Waals surface area contributed by atoms with Gasteiger partial charge in [0, 0.05) is 29.3 Å². The van der Waals surface area contributed by atoms with E-state index in [4.69, 9.17) is 0 Å². The van der Waals surface area contributed by atoms with E-state index in [9.17, 15) is 35.6 Å². The Bertz CT molecular complexity index is 1420. The first-order valence-electron chi connectivity index (χ1n) is 12.8. The molecule has 0 bridgehead atoms. The summed E-state index contributed by atoms with van der Waals surface area (Å²) in [6.07, 6.45) is 5.00. The molecule has 3 aliphatic carbocycles. The molecule has 5 unspecified atom stereocenters. The predicted molar refractivity (Wildman–Crippen MR) is 135 cm³/mol. The summed E-state index contributed by atoms with van der Waals surface area (Å²) < 4.78 is 80.1. The van der Waals surface area contributed by atoms with E-state index in [0.29, 0.717) is 54.8 Å². The lowest BCUT2D eigenvalue weighted by atomic mass is 9.54. The summed E-state index contributed by atoms with van der Waals surface area (Å²) in [5.74, 6) is -2.29. The van der Waals surface area contributed by atoms with Crippen molar-refractivity contribution in [1.82, 2.24) is 4.98 Å². The number of thiazole rings is 1. The minimum Gasteiger partial charge on any atom is -0.373 e. The van der Waals surface area contributed by atoms with Gasteiger partial charge < -0.3 is 9.50 Å². The van der Waals surface area contributed by atoms with Crippen LogP contribution >= 0.6 is 11.3 Å². The highest BCUT2D eigenvalue weighted by Crippen LogP contribution is 2.62. The Morgan fingerprint density at radius 2 is 2.03 bits per heavy atom. The van der Waals surface area contributed by atoms with E-state index in [2.05, 4.69) is 14.5 Å². The number of hydrogen-bond acceptors (Lipinski definition) is 7. The van der Waals surface area contributed by atoms with E-state index in [1.54, 1.807) is 6.20 Å². The van der Waals surface area contributed by atoms with Gasteiger partial charge in [-0.3, -0.25) is 9.59 Å². The van der Waals surface area contributed by atoms with Crippen LogP contribution in [-0.2, 0) is 26.1 Å². The Kier molecular flexibility index (Phi) is 7.06. The van der Waals surface area contributed by atoms with Crippen molar-refractivity contribution >= 4 is 38.3 Å². The van der Waals surface area contributed by atoms with Gasteiger partial charge in [0.15, 0.2) is 16.7 Å². The Morgan fingerprint density at radius 3 is 2.69 bits per heavy atom. The van der Waals surface area contributed by atoms with Crippen LogP contribution in [-0.4, -0.2) is 30.6 Å². The van der Waals surface area contributed by atoms with Crippen molar-refractivity contribution in [3.05, 3.63) is 40.2 Å². The highest BCUT2D eigenvalue weighted by atomic mass is 32.2. The zero-order valence-corrected chi connectivity index (χ0v) is 22.9. The van der Waals surface area contributed by atoms with Gasteiger partial charge >= 0.3 is 15.6 Å². The van der Waals surface area contributed by atoms with Crippen LogP contribution in [0.4, 0.5) is 22.7 Å². The average Bonchev–Trinajstić information content (AvgIpc) is 3.36. The fraction of sp³-hybridized carbons (Fsp3) is 0.577. The molecule has 3 aliphatic rings. The monoisotopic (exact) mass is 588 g/mol. The van der Waals surface area contributed by atoms with Gasteiger partial charge in [0.05, 0.1) is 0 Å². The highest BCUT2D eigenvalue weighted by Gasteiger charge is 2.58. The number of benzene rings is 1. The fourth-order valence-corrected chi connectivity index (χ4v) is 8.17. The summed E-state index contributed by atoms with van der Waals surface area (Å²) >= 11 is 1.38. The number of Topliss-reactive ketones (excluding diaryl/α,β-unsaturated/α-hetero) is 1. The number of rotatable bonds is 6. The minimum absolute atomic E-state index is 0.0172. The number of aromatic nitrogens is 1. The third-order valence-corrected chi connectivity index (χ3v) is 10.5. The first-order valence-corrected chi connectivity index (χ1v) is 15.0. The second-order valence-corrected chi connectivity index (χ2v) is 13.8. The summed E-state index contributed by atoms with van der Waals surface area (Å²) in [5.41, 5.74) is -5.05. The number of hydrogen-bond donors (Lipinski definition) is 1. The maximum absolute atomic E-state index is 14.9. The van der Waals surface area contributed by atoms with E-state index in [0.717, 1.165) is 17.0 Å². The van der Waals surface area contributed by atoms with Crippen molar-refractivity contribution in [3.63, 3.8) is 0 Å². The Hall–Kier alpha value is -2.54. The van der Waals surface area contributed by atoms with E-state index >= 15 is 0 Å². The number of alkyl halides is 3. The van der Waals surface area contributed by atoms with E-state index in [1.807, 2.05) is 13.8 Å². The molecule has 7 nitrogen and oxygen atoms in total. The number of carbonyl (C=O) groups is 2. The number of halogens is 4. The predicted octanol–water partition coefficient (Wildman–Crippen LogP) is 5.89. The number of carbonyl (C=O) groups excluding carboxylic acids is 2. The molecule has 2 aromatic rings. The first-order chi connectivity index (χ1) is 18.2. The van der Waals surface area contributed by atoms with Gasteiger partial charge in [0.25, 0.3) is 0 Å². The number of nitrogens with zero attached hydrogens (tertiary/aromatic N) is 1. The average molecular weight is 589 g/mol. The second-order valence-electron chi connectivity index (χ2n) is 11.0. The van der Waals surface area contributed by atoms with E-state index in [-0.39, 0.29) is 41.8 Å². The van der Waals surface area contributed by atoms with Crippen LogP contribution < -0.4 is 9.50 Å². The van der Waals surface area contributed by atoms with Crippen LogP contribution in [0, 0.1) is 35.9 Å². The van der Waals surface area contributed by atoms with Crippen molar-refractivity contribution in [2.75, 3.05) is 5.32 Å². The largest absolute Gasteiger partial charge is 0.534 e. The second kappa shape index (κ2) is 9.83. The van der Waals surface area contributed by atoms with Crippen LogP contribution in [0.25, 0.3) is 0 Å². The minimum atomic E-state index is -6.00. The lowest BCUT2D eigenvalue weighted by Gasteiger charge is -2.50. The van der Waals surface area contributed by atoms with Crippen LogP contribution in [0.2, 0.25) is 0 Å². The summed E-state index contributed by atoms with van der Waals surface area (Å²) in [6, 6.07) is 2.14. The quantitative estimate of drug-likeness (QED) is 0.257. The molecule has 212 valence electrons. The molecule has 1 N–H and O–H groups in total. The van der Waals surface area contributed by atoms with Crippen LogP contribution in [0.5, 0.6) is 5.75 Å². The third kappa shape index (κ3) is 5.07. The van der Waals surface area contributed by atoms with Crippen LogP contribution in [0.15, 0.2) is 18.3 Å². The standard InChI is InChI=1S/C26H28F4N2O5S2/c1-13-12-31-24(38-13)32-22(34)6-4-15-10-21(33)25(2)8-7-16-17(23(15)25)5-3-14-9-20(19(27)11-18(14)16)37-39(35,36)26(28,29)30/h9,11-12,15-17,23H,3-8,10H2,1-2H3,(H,31,32,34). The zero-order chi connectivity index (χ0) is 28.3. The topological polar surface area (TPSA) is 102 Å². The number of fused-ring (bicyclic) bond motifs is 5. The van der Waals surface area contributed by atoms with Gasteiger partial charge in [0.2, 0.25) is 5.91 Å². The molecule has 2 saturated carbocycles. The van der Waals surface area contributed by atoms with Gasteiger partial charge in [-0.1, -0.05) is 6.92 Å². The number of aryl methyl sites for hydroxylation is 2. The van der Waals surface area contributed by atoms with Crippen LogP contribution in [0.1, 0.15) is 67.4 Å². The maximum atomic E-state index is 14.9. The summed E-state index contributed by atoms with van der Waals surface area (Å²) in [5, 5.41) is 3.33. The third-order valence-electron chi connectivity index (χ3n) is 8.71. The molecule has 5 atom stereocenters. The summed E-state index contributed by atoms with van der Waals surface area (Å²) in [7, 11) is -6.00. The van der Waals surface area contributed by atoms with Gasteiger partial charge in [-0.25, -0.2) is 9.37 Å². The molecule has 0 aliphatic heterocycles. The first kappa shape index (κ1) is 28.0. The van der Waals surface area contributed by atoms with Crippen molar-refractivity contribution in [2.24, 2.45) is 23.2 Å². The van der Waals surface area contributed by atoms with Gasteiger partial charge in [0.1, 0.15) is 5.78 Å². The smallest absolute Gasteiger partial charge is 0.373 e. The molecule has 0 radical (unpaired) electrons. The summed E-state index contributed by atoms with van der Waals surface area (Å²) in [4.78, 5) is 30.9. The maximum Gasteiger partial charge on any atom is 0.534 e. The molecule has 1 aromatic heterocycles.